The van der Waals surface area contributed by atoms with Gasteiger partial charge in [0.05, 0.1) is 4.34 Å². The largest absolute Gasteiger partial charge is 0.317 e. The number of rotatable bonds is 3. The van der Waals surface area contributed by atoms with Crippen molar-refractivity contribution in [3.63, 3.8) is 0 Å². The minimum Gasteiger partial charge on any atom is -0.317 e. The summed E-state index contributed by atoms with van der Waals surface area (Å²) in [5.74, 6) is -0.446. The summed E-state index contributed by atoms with van der Waals surface area (Å²) in [5.41, 5.74) is -0.640. The van der Waals surface area contributed by atoms with Gasteiger partial charge in [-0.15, -0.1) is 11.3 Å². The van der Waals surface area contributed by atoms with E-state index >= 15 is 0 Å². The van der Waals surface area contributed by atoms with Crippen LogP contribution in [-0.4, -0.2) is 27.4 Å². The molecule has 1 aromatic rings. The summed E-state index contributed by atoms with van der Waals surface area (Å²) in [7, 11) is -3.81. The molecule has 1 aromatic heterocycles. The third-order valence-electron chi connectivity index (χ3n) is 3.30. The molecule has 2 N–H and O–H groups in total. The number of halogens is 1. The number of amides is 1. The summed E-state index contributed by atoms with van der Waals surface area (Å²) in [6.45, 7) is 3.23. The third-order valence-corrected chi connectivity index (χ3v) is 6.35. The lowest BCUT2D eigenvalue weighted by atomic mass is 9.80. The highest BCUT2D eigenvalue weighted by molar-refractivity contribution is 7.92. The van der Waals surface area contributed by atoms with Crippen molar-refractivity contribution in [1.82, 2.24) is 10.0 Å². The van der Waals surface area contributed by atoms with E-state index in [2.05, 4.69) is 10.0 Å². The molecule has 0 unspecified atom stereocenters. The molecule has 0 saturated carbocycles. The Labute approximate surface area is 121 Å². The maximum absolute atomic E-state index is 12.2. The normalized spacial score (nSPS) is 19.1. The molecule has 5 nitrogen and oxygen atoms in total. The molecule has 2 rings (SSSR count). The van der Waals surface area contributed by atoms with Crippen molar-refractivity contribution in [3.05, 3.63) is 16.5 Å². The number of hydrogen-bond donors (Lipinski definition) is 2. The summed E-state index contributed by atoms with van der Waals surface area (Å²) in [6.07, 6.45) is 1.25. The van der Waals surface area contributed by atoms with Crippen molar-refractivity contribution in [1.29, 1.82) is 0 Å². The van der Waals surface area contributed by atoms with Gasteiger partial charge in [-0.2, -0.15) is 0 Å². The molecule has 1 fully saturated rings. The van der Waals surface area contributed by atoms with E-state index in [1.54, 1.807) is 6.92 Å². The van der Waals surface area contributed by atoms with Gasteiger partial charge in [-0.3, -0.25) is 4.79 Å². The number of sulfonamides is 1. The van der Waals surface area contributed by atoms with E-state index in [-0.39, 0.29) is 4.21 Å². The molecule has 0 bridgehead atoms. The van der Waals surface area contributed by atoms with Crippen LogP contribution < -0.4 is 10.0 Å². The highest BCUT2D eigenvalue weighted by Gasteiger charge is 2.37. The molecule has 0 radical (unpaired) electrons. The van der Waals surface area contributed by atoms with Gasteiger partial charge < -0.3 is 5.32 Å². The first kappa shape index (κ1) is 14.8. The fraction of sp³-hybridized carbons (Fsp3) is 0.545. The number of nitrogens with one attached hydrogen (secondary N) is 2. The van der Waals surface area contributed by atoms with E-state index < -0.39 is 21.3 Å². The van der Waals surface area contributed by atoms with E-state index in [4.69, 9.17) is 11.6 Å². The fourth-order valence-electron chi connectivity index (χ4n) is 1.94. The summed E-state index contributed by atoms with van der Waals surface area (Å²) >= 11 is 6.64. The molecule has 2 heterocycles. The van der Waals surface area contributed by atoms with E-state index in [9.17, 15) is 13.2 Å². The minimum absolute atomic E-state index is 0.0587. The van der Waals surface area contributed by atoms with Gasteiger partial charge in [-0.05, 0) is 38.1 Å². The molecule has 0 spiro atoms. The lowest BCUT2D eigenvalue weighted by Crippen LogP contribution is -2.47. The van der Waals surface area contributed by atoms with Gasteiger partial charge in [-0.25, -0.2) is 13.1 Å². The van der Waals surface area contributed by atoms with E-state index in [0.29, 0.717) is 17.2 Å². The van der Waals surface area contributed by atoms with Crippen LogP contribution in [0.25, 0.3) is 0 Å². The first-order chi connectivity index (χ1) is 8.83. The van der Waals surface area contributed by atoms with Gasteiger partial charge in [0.25, 0.3) is 10.0 Å². The molecule has 1 amide bonds. The zero-order chi connectivity index (χ0) is 14.1. The Kier molecular flexibility index (Phi) is 4.20. The van der Waals surface area contributed by atoms with Crippen LogP contribution in [0.4, 0.5) is 0 Å². The van der Waals surface area contributed by atoms with E-state index in [0.717, 1.165) is 24.4 Å². The second-order valence-electron chi connectivity index (χ2n) is 4.80. The van der Waals surface area contributed by atoms with Crippen molar-refractivity contribution in [2.75, 3.05) is 13.1 Å². The molecule has 0 atom stereocenters. The maximum atomic E-state index is 12.2. The van der Waals surface area contributed by atoms with Gasteiger partial charge in [0, 0.05) is 5.41 Å². The van der Waals surface area contributed by atoms with E-state index in [1.165, 1.54) is 12.1 Å². The van der Waals surface area contributed by atoms with Crippen LogP contribution in [0.3, 0.4) is 0 Å². The van der Waals surface area contributed by atoms with Gasteiger partial charge in [-0.1, -0.05) is 18.5 Å². The van der Waals surface area contributed by atoms with Crippen molar-refractivity contribution in [3.8, 4) is 0 Å². The topological polar surface area (TPSA) is 75.3 Å². The van der Waals surface area contributed by atoms with Gasteiger partial charge in [0.1, 0.15) is 4.21 Å². The van der Waals surface area contributed by atoms with Crippen LogP contribution in [0.15, 0.2) is 16.3 Å². The Morgan fingerprint density at radius 1 is 1.42 bits per heavy atom. The van der Waals surface area contributed by atoms with Crippen LogP contribution in [0.1, 0.15) is 19.8 Å². The second kappa shape index (κ2) is 5.40. The van der Waals surface area contributed by atoms with Crippen LogP contribution in [0.2, 0.25) is 4.34 Å². The van der Waals surface area contributed by atoms with Crippen LogP contribution >= 0.6 is 22.9 Å². The number of piperidine rings is 1. The summed E-state index contributed by atoms with van der Waals surface area (Å²) in [5, 5.41) is 3.15. The predicted octanol–water partition coefficient (Wildman–Crippen LogP) is 1.60. The maximum Gasteiger partial charge on any atom is 0.273 e. The highest BCUT2D eigenvalue weighted by atomic mass is 35.5. The quantitative estimate of drug-likeness (QED) is 0.886. The standard InChI is InChI=1S/C11H15ClN2O3S2/c1-11(4-6-13-7-5-11)10(15)14-19(16,17)9-3-2-8(12)18-9/h2-3,13H,4-7H2,1H3,(H,14,15). The van der Waals surface area contributed by atoms with Gasteiger partial charge in [0.15, 0.2) is 0 Å². The molecule has 19 heavy (non-hydrogen) atoms. The summed E-state index contributed by atoms with van der Waals surface area (Å²) in [4.78, 5) is 12.2. The molecular formula is C11H15ClN2O3S2. The second-order valence-corrected chi connectivity index (χ2v) is 8.43. The zero-order valence-electron chi connectivity index (χ0n) is 10.4. The molecule has 0 aromatic carbocycles. The highest BCUT2D eigenvalue weighted by Crippen LogP contribution is 2.30. The third kappa shape index (κ3) is 3.28. The SMILES string of the molecule is CC1(C(=O)NS(=O)(=O)c2ccc(Cl)s2)CCNCC1. The Morgan fingerprint density at radius 3 is 2.58 bits per heavy atom. The first-order valence-corrected chi connectivity index (χ1v) is 8.55. The average molecular weight is 323 g/mol. The van der Waals surface area contributed by atoms with Crippen molar-refractivity contribution in [2.24, 2.45) is 5.41 Å². The van der Waals surface area contributed by atoms with Crippen LogP contribution in [-0.2, 0) is 14.8 Å². The summed E-state index contributed by atoms with van der Waals surface area (Å²) < 4.78 is 26.7. The number of carbonyl (C=O) groups excluding carboxylic acids is 1. The Hall–Kier alpha value is -0.630. The Balaban J connectivity index is 2.14. The zero-order valence-corrected chi connectivity index (χ0v) is 12.8. The molecule has 1 aliphatic rings. The van der Waals surface area contributed by atoms with Crippen LogP contribution in [0, 0.1) is 5.41 Å². The average Bonchev–Trinajstić information content (AvgIpc) is 2.77. The lowest BCUT2D eigenvalue weighted by Gasteiger charge is -2.32. The first-order valence-electron chi connectivity index (χ1n) is 5.87. The molecule has 1 aliphatic heterocycles. The van der Waals surface area contributed by atoms with Gasteiger partial charge >= 0.3 is 0 Å². The Morgan fingerprint density at radius 2 is 2.05 bits per heavy atom. The monoisotopic (exact) mass is 322 g/mol. The fourth-order valence-corrected chi connectivity index (χ4v) is 4.53. The predicted molar refractivity (Wildman–Crippen MR) is 74.9 cm³/mol. The summed E-state index contributed by atoms with van der Waals surface area (Å²) in [6, 6.07) is 2.89. The van der Waals surface area contributed by atoms with E-state index in [1.807, 2.05) is 0 Å². The number of thiophene rings is 1. The van der Waals surface area contributed by atoms with Gasteiger partial charge in [0.2, 0.25) is 5.91 Å². The molecule has 0 aliphatic carbocycles. The van der Waals surface area contributed by atoms with Crippen LogP contribution in [0.5, 0.6) is 0 Å². The molecular weight excluding hydrogens is 308 g/mol. The molecule has 8 heteroatoms. The van der Waals surface area contributed by atoms with Crippen molar-refractivity contribution >= 4 is 38.9 Å². The van der Waals surface area contributed by atoms with Crippen molar-refractivity contribution in [2.45, 2.75) is 24.0 Å². The molecule has 106 valence electrons. The number of carbonyl (C=O) groups is 1. The minimum atomic E-state index is -3.81. The molecule has 1 saturated heterocycles. The lowest BCUT2D eigenvalue weighted by molar-refractivity contribution is -0.129. The smallest absolute Gasteiger partial charge is 0.273 e. The van der Waals surface area contributed by atoms with Crippen molar-refractivity contribution < 1.29 is 13.2 Å². The Bertz CT molecular complexity index is 577. The number of hydrogen-bond acceptors (Lipinski definition) is 5.